The molecule has 126 valence electrons. The van der Waals surface area contributed by atoms with Crippen LogP contribution in [0.3, 0.4) is 0 Å². The van der Waals surface area contributed by atoms with Crippen molar-refractivity contribution < 1.29 is 19.1 Å². The predicted octanol–water partition coefficient (Wildman–Crippen LogP) is 4.27. The van der Waals surface area contributed by atoms with Crippen LogP contribution in [0.4, 0.5) is 0 Å². The van der Waals surface area contributed by atoms with Crippen molar-refractivity contribution in [2.75, 3.05) is 0 Å². The number of carbonyl (C=O) groups is 2. The van der Waals surface area contributed by atoms with Gasteiger partial charge in [-0.05, 0) is 29.8 Å². The Balaban J connectivity index is 0.000000196. The minimum absolute atomic E-state index is 0.332. The first-order valence-corrected chi connectivity index (χ1v) is 7.71. The first kappa shape index (κ1) is 17.9. The summed E-state index contributed by atoms with van der Waals surface area (Å²) in [4.78, 5) is 21.3. The van der Waals surface area contributed by atoms with E-state index in [-0.39, 0.29) is 5.97 Å². The van der Waals surface area contributed by atoms with E-state index >= 15 is 0 Å². The maximum Gasteiger partial charge on any atom is 0.343 e. The molecule has 0 unspecified atom stereocenters. The van der Waals surface area contributed by atoms with Gasteiger partial charge in [0.15, 0.2) is 0 Å². The number of esters is 1. The molecule has 0 aliphatic rings. The summed E-state index contributed by atoms with van der Waals surface area (Å²) in [5.74, 6) is 0.230. The number of rotatable bonds is 5. The highest BCUT2D eigenvalue weighted by Gasteiger charge is 2.06. The molecule has 0 saturated carbocycles. The lowest BCUT2D eigenvalue weighted by Crippen LogP contribution is -2.07. The molecule has 0 N–H and O–H groups in total. The normalized spacial score (nSPS) is 9.28. The van der Waals surface area contributed by atoms with Crippen molar-refractivity contribution in [2.24, 2.45) is 0 Å². The largest absolute Gasteiger partial charge is 0.463 e. The lowest BCUT2D eigenvalue weighted by molar-refractivity contribution is -0.129. The van der Waals surface area contributed by atoms with Gasteiger partial charge in [0.2, 0.25) is 0 Å². The number of benzene rings is 3. The molecule has 0 saturated heterocycles. The van der Waals surface area contributed by atoms with E-state index in [2.05, 4.69) is 4.74 Å². The van der Waals surface area contributed by atoms with E-state index < -0.39 is 0 Å². The van der Waals surface area contributed by atoms with Gasteiger partial charge in [0.1, 0.15) is 12.4 Å². The molecule has 4 nitrogen and oxygen atoms in total. The highest BCUT2D eigenvalue weighted by molar-refractivity contribution is 5.90. The van der Waals surface area contributed by atoms with Gasteiger partial charge in [-0.15, -0.1) is 0 Å². The summed E-state index contributed by atoms with van der Waals surface area (Å²) >= 11 is 0. The van der Waals surface area contributed by atoms with Crippen molar-refractivity contribution in [1.29, 1.82) is 0 Å². The molecule has 0 aliphatic carbocycles. The number of para-hydroxylation sites is 1. The zero-order chi connectivity index (χ0) is 17.7. The van der Waals surface area contributed by atoms with Gasteiger partial charge in [0.25, 0.3) is 6.47 Å². The molecule has 3 rings (SSSR count). The summed E-state index contributed by atoms with van der Waals surface area (Å²) in [7, 11) is 0. The van der Waals surface area contributed by atoms with Gasteiger partial charge >= 0.3 is 5.97 Å². The van der Waals surface area contributed by atoms with Crippen LogP contribution in [0, 0.1) is 0 Å². The fraction of sp³-hybridized carbons (Fsp3) is 0.0476. The van der Waals surface area contributed by atoms with Gasteiger partial charge in [-0.1, -0.05) is 66.7 Å². The fourth-order valence-corrected chi connectivity index (χ4v) is 1.93. The van der Waals surface area contributed by atoms with Crippen LogP contribution in [0.5, 0.6) is 5.75 Å². The Kier molecular flexibility index (Phi) is 7.46. The topological polar surface area (TPSA) is 52.6 Å². The summed E-state index contributed by atoms with van der Waals surface area (Å²) < 4.78 is 9.70. The van der Waals surface area contributed by atoms with Gasteiger partial charge in [0, 0.05) is 0 Å². The molecule has 0 aliphatic heterocycles. The van der Waals surface area contributed by atoms with E-state index in [1.165, 1.54) is 0 Å². The average molecular weight is 334 g/mol. The first-order valence-electron chi connectivity index (χ1n) is 7.71. The lowest BCUT2D eigenvalue weighted by Gasteiger charge is -2.02. The first-order chi connectivity index (χ1) is 12.3. The Morgan fingerprint density at radius 1 is 0.760 bits per heavy atom. The number of hydrogen-bond donors (Lipinski definition) is 0. The average Bonchev–Trinajstić information content (AvgIpc) is 2.69. The second-order valence-corrected chi connectivity index (χ2v) is 4.96. The number of ether oxygens (including phenoxy) is 2. The zero-order valence-corrected chi connectivity index (χ0v) is 13.6. The van der Waals surface area contributed by atoms with Crippen LogP contribution in [0.1, 0.15) is 15.9 Å². The second kappa shape index (κ2) is 10.4. The van der Waals surface area contributed by atoms with Crippen LogP contribution in [-0.4, -0.2) is 12.4 Å². The van der Waals surface area contributed by atoms with Crippen LogP contribution in [-0.2, 0) is 16.1 Å². The molecule has 0 fully saturated rings. The van der Waals surface area contributed by atoms with Crippen molar-refractivity contribution in [2.45, 2.75) is 6.61 Å². The third kappa shape index (κ3) is 6.71. The Bertz CT molecular complexity index is 756. The third-order valence-electron chi connectivity index (χ3n) is 3.12. The molecule has 0 spiro atoms. The van der Waals surface area contributed by atoms with Crippen molar-refractivity contribution in [1.82, 2.24) is 0 Å². The molecule has 0 heterocycles. The van der Waals surface area contributed by atoms with Crippen LogP contribution in [0.15, 0.2) is 91.0 Å². The third-order valence-corrected chi connectivity index (χ3v) is 3.12. The maximum atomic E-state index is 11.6. The highest BCUT2D eigenvalue weighted by Crippen LogP contribution is 2.11. The van der Waals surface area contributed by atoms with Crippen LogP contribution >= 0.6 is 0 Å². The molecule has 3 aromatic carbocycles. The maximum absolute atomic E-state index is 11.6. The quantitative estimate of drug-likeness (QED) is 0.397. The molecule has 0 bridgehead atoms. The van der Waals surface area contributed by atoms with Gasteiger partial charge in [0.05, 0.1) is 5.56 Å². The molecule has 3 aromatic rings. The van der Waals surface area contributed by atoms with E-state index in [1.54, 1.807) is 24.3 Å². The summed E-state index contributed by atoms with van der Waals surface area (Å²) in [5.41, 5.74) is 1.57. The Morgan fingerprint density at radius 3 is 1.84 bits per heavy atom. The van der Waals surface area contributed by atoms with E-state index in [1.807, 2.05) is 66.7 Å². The molecular formula is C21H18O4. The summed E-state index contributed by atoms with van der Waals surface area (Å²) in [5, 5.41) is 0. The standard InChI is InChI=1S/C13H10O2.C8H8O2/c14-13(11-7-3-1-4-8-11)15-12-9-5-2-6-10-12;9-7-10-6-8-4-2-1-3-5-8/h1-10H;1-5,7H,6H2. The number of carbonyl (C=O) groups excluding carboxylic acids is 2. The molecular weight excluding hydrogens is 316 g/mol. The Labute approximate surface area is 146 Å². The Hall–Kier alpha value is -3.40. The fourth-order valence-electron chi connectivity index (χ4n) is 1.93. The van der Waals surface area contributed by atoms with Gasteiger partial charge in [-0.25, -0.2) is 4.79 Å². The van der Waals surface area contributed by atoms with Crippen molar-refractivity contribution >= 4 is 12.4 Å². The molecule has 0 aromatic heterocycles. The molecule has 25 heavy (non-hydrogen) atoms. The van der Waals surface area contributed by atoms with Gasteiger partial charge < -0.3 is 9.47 Å². The monoisotopic (exact) mass is 334 g/mol. The van der Waals surface area contributed by atoms with Crippen LogP contribution in [0.25, 0.3) is 0 Å². The van der Waals surface area contributed by atoms with Gasteiger partial charge in [-0.3, -0.25) is 4.79 Å². The predicted molar refractivity (Wildman–Crippen MR) is 95.1 cm³/mol. The van der Waals surface area contributed by atoms with Crippen molar-refractivity contribution in [3.05, 3.63) is 102 Å². The van der Waals surface area contributed by atoms with Gasteiger partial charge in [-0.2, -0.15) is 0 Å². The summed E-state index contributed by atoms with van der Waals surface area (Å²) in [6, 6.07) is 27.5. The zero-order valence-electron chi connectivity index (χ0n) is 13.6. The molecule has 0 radical (unpaired) electrons. The molecule has 0 atom stereocenters. The lowest BCUT2D eigenvalue weighted by atomic mass is 10.2. The summed E-state index contributed by atoms with van der Waals surface area (Å²) in [6.45, 7) is 0.817. The van der Waals surface area contributed by atoms with Crippen molar-refractivity contribution in [3.63, 3.8) is 0 Å². The van der Waals surface area contributed by atoms with Crippen molar-refractivity contribution in [3.8, 4) is 5.75 Å². The van der Waals surface area contributed by atoms with Crippen LogP contribution < -0.4 is 4.74 Å². The molecule has 4 heteroatoms. The van der Waals surface area contributed by atoms with Crippen LogP contribution in [0.2, 0.25) is 0 Å². The molecule has 0 amide bonds. The van der Waals surface area contributed by atoms with E-state index in [0.717, 1.165) is 5.56 Å². The minimum atomic E-state index is -0.332. The van der Waals surface area contributed by atoms with E-state index in [4.69, 9.17) is 4.74 Å². The van der Waals surface area contributed by atoms with E-state index in [0.29, 0.717) is 24.4 Å². The SMILES string of the molecule is O=C(Oc1ccccc1)c1ccccc1.O=COCc1ccccc1. The van der Waals surface area contributed by atoms with E-state index in [9.17, 15) is 9.59 Å². The number of hydrogen-bond acceptors (Lipinski definition) is 4. The minimum Gasteiger partial charge on any atom is -0.463 e. The smallest absolute Gasteiger partial charge is 0.343 e. The summed E-state index contributed by atoms with van der Waals surface area (Å²) in [6.07, 6.45) is 0. The highest BCUT2D eigenvalue weighted by atomic mass is 16.5. The Morgan fingerprint density at radius 2 is 1.28 bits per heavy atom. The second-order valence-electron chi connectivity index (χ2n) is 4.96.